The molecule has 0 spiro atoms. The minimum Gasteiger partial charge on any atom is -0.495 e. The second kappa shape index (κ2) is 7.68. The summed E-state index contributed by atoms with van der Waals surface area (Å²) < 4.78 is 43.1. The van der Waals surface area contributed by atoms with Crippen LogP contribution in [0.3, 0.4) is 0 Å². The van der Waals surface area contributed by atoms with Crippen LogP contribution in [0.5, 0.6) is 5.75 Å². The highest BCUT2D eigenvalue weighted by atomic mass is 19.4. The molecular weight excluding hydrogens is 343 g/mol. The summed E-state index contributed by atoms with van der Waals surface area (Å²) >= 11 is 0. The van der Waals surface area contributed by atoms with Gasteiger partial charge in [0.25, 0.3) is 0 Å². The van der Waals surface area contributed by atoms with E-state index in [0.29, 0.717) is 5.56 Å². The number of benzene rings is 2. The summed E-state index contributed by atoms with van der Waals surface area (Å²) in [7, 11) is 1.66. The molecule has 0 amide bonds. The van der Waals surface area contributed by atoms with Crippen molar-refractivity contribution in [2.45, 2.75) is 6.18 Å². The molecule has 1 saturated heterocycles. The van der Waals surface area contributed by atoms with Crippen LogP contribution < -0.4 is 9.64 Å². The minimum absolute atomic E-state index is 0.644. The number of nitrogens with zero attached hydrogens (tertiary/aromatic N) is 3. The Labute approximate surface area is 150 Å². The number of rotatable bonds is 4. The Balaban J connectivity index is 1.58. The number of hydrogen-bond donors (Lipinski definition) is 0. The van der Waals surface area contributed by atoms with Gasteiger partial charge in [-0.2, -0.15) is 18.3 Å². The Bertz CT molecular complexity index is 751. The number of methoxy groups -OCH3 is 1. The van der Waals surface area contributed by atoms with Crippen molar-refractivity contribution >= 4 is 11.9 Å². The number of piperazine rings is 1. The van der Waals surface area contributed by atoms with E-state index in [9.17, 15) is 13.2 Å². The van der Waals surface area contributed by atoms with Gasteiger partial charge in [0.05, 0.1) is 37.7 Å². The highest BCUT2D eigenvalue weighted by molar-refractivity contribution is 5.79. The van der Waals surface area contributed by atoms with E-state index in [4.69, 9.17) is 4.74 Å². The Morgan fingerprint density at radius 3 is 2.23 bits per heavy atom. The summed E-state index contributed by atoms with van der Waals surface area (Å²) in [5.41, 5.74) is 1.05. The van der Waals surface area contributed by atoms with Gasteiger partial charge < -0.3 is 9.64 Å². The molecule has 0 aliphatic carbocycles. The number of para-hydroxylation sites is 2. The van der Waals surface area contributed by atoms with Crippen molar-refractivity contribution < 1.29 is 17.9 Å². The van der Waals surface area contributed by atoms with Crippen LogP contribution in [-0.2, 0) is 6.18 Å². The lowest BCUT2D eigenvalue weighted by Crippen LogP contribution is -2.44. The van der Waals surface area contributed by atoms with Crippen LogP contribution in [0.4, 0.5) is 18.9 Å². The molecule has 4 nitrogen and oxygen atoms in total. The molecule has 1 heterocycles. The molecule has 0 radical (unpaired) electrons. The summed E-state index contributed by atoms with van der Waals surface area (Å²) in [6.45, 7) is 3.06. The van der Waals surface area contributed by atoms with Crippen molar-refractivity contribution in [3.05, 3.63) is 59.7 Å². The molecule has 138 valence electrons. The molecule has 0 saturated carbocycles. The topological polar surface area (TPSA) is 28.1 Å². The monoisotopic (exact) mass is 363 g/mol. The third-order valence-electron chi connectivity index (χ3n) is 4.29. The van der Waals surface area contributed by atoms with Crippen molar-refractivity contribution in [1.29, 1.82) is 0 Å². The van der Waals surface area contributed by atoms with Gasteiger partial charge in [-0.15, -0.1) is 0 Å². The lowest BCUT2D eigenvalue weighted by molar-refractivity contribution is -0.137. The van der Waals surface area contributed by atoms with Gasteiger partial charge in [0, 0.05) is 13.1 Å². The predicted molar refractivity (Wildman–Crippen MR) is 95.8 cm³/mol. The first kappa shape index (κ1) is 18.1. The van der Waals surface area contributed by atoms with Gasteiger partial charge >= 0.3 is 6.18 Å². The number of anilines is 1. The number of hydrogen-bond acceptors (Lipinski definition) is 4. The van der Waals surface area contributed by atoms with Crippen LogP contribution in [0, 0.1) is 0 Å². The van der Waals surface area contributed by atoms with Crippen molar-refractivity contribution in [3.63, 3.8) is 0 Å². The fourth-order valence-corrected chi connectivity index (χ4v) is 2.85. The Morgan fingerprint density at radius 2 is 1.62 bits per heavy atom. The number of ether oxygens (including phenoxy) is 1. The van der Waals surface area contributed by atoms with Gasteiger partial charge in [-0.05, 0) is 29.8 Å². The predicted octanol–water partition coefficient (Wildman–Crippen LogP) is 3.87. The Morgan fingerprint density at radius 1 is 0.962 bits per heavy atom. The van der Waals surface area contributed by atoms with Gasteiger partial charge in [0.2, 0.25) is 0 Å². The van der Waals surface area contributed by atoms with E-state index in [1.165, 1.54) is 12.1 Å². The van der Waals surface area contributed by atoms with E-state index in [-0.39, 0.29) is 0 Å². The molecule has 1 aliphatic rings. The largest absolute Gasteiger partial charge is 0.495 e. The Kier molecular flexibility index (Phi) is 5.35. The summed E-state index contributed by atoms with van der Waals surface area (Å²) in [6.07, 6.45) is -2.72. The molecule has 26 heavy (non-hydrogen) atoms. The zero-order valence-corrected chi connectivity index (χ0v) is 14.4. The molecule has 2 aromatic carbocycles. The summed E-state index contributed by atoms with van der Waals surface area (Å²) in [4.78, 5) is 2.24. The van der Waals surface area contributed by atoms with E-state index in [1.54, 1.807) is 13.3 Å². The van der Waals surface area contributed by atoms with Crippen molar-refractivity contribution in [1.82, 2.24) is 5.01 Å². The van der Waals surface area contributed by atoms with Crippen LogP contribution in [0.15, 0.2) is 53.6 Å². The zero-order chi connectivity index (χ0) is 18.6. The van der Waals surface area contributed by atoms with Crippen molar-refractivity contribution in [2.75, 3.05) is 38.2 Å². The van der Waals surface area contributed by atoms with Crippen molar-refractivity contribution in [2.24, 2.45) is 5.10 Å². The van der Waals surface area contributed by atoms with Crippen LogP contribution in [0.1, 0.15) is 11.1 Å². The quantitative estimate of drug-likeness (QED) is 0.772. The number of hydrazone groups is 1. The molecule has 0 bridgehead atoms. The second-order valence-electron chi connectivity index (χ2n) is 5.98. The van der Waals surface area contributed by atoms with Crippen LogP contribution >= 0.6 is 0 Å². The van der Waals surface area contributed by atoms with Crippen LogP contribution in [-0.4, -0.2) is 44.5 Å². The maximum atomic E-state index is 12.6. The molecule has 2 aromatic rings. The van der Waals surface area contributed by atoms with Crippen LogP contribution in [0.2, 0.25) is 0 Å². The molecule has 1 fully saturated rings. The first-order chi connectivity index (χ1) is 12.5. The molecule has 0 unspecified atom stereocenters. The summed E-state index contributed by atoms with van der Waals surface area (Å²) in [6, 6.07) is 12.9. The fourth-order valence-electron chi connectivity index (χ4n) is 2.85. The van der Waals surface area contributed by atoms with Gasteiger partial charge in [0.1, 0.15) is 5.75 Å². The molecule has 0 aromatic heterocycles. The van der Waals surface area contributed by atoms with Crippen LogP contribution in [0.25, 0.3) is 0 Å². The van der Waals surface area contributed by atoms with Gasteiger partial charge in [-0.1, -0.05) is 24.3 Å². The lowest BCUT2D eigenvalue weighted by atomic mass is 10.1. The first-order valence-corrected chi connectivity index (χ1v) is 8.31. The maximum absolute atomic E-state index is 12.6. The van der Waals surface area contributed by atoms with Gasteiger partial charge in [0.15, 0.2) is 0 Å². The molecule has 7 heteroatoms. The first-order valence-electron chi connectivity index (χ1n) is 8.31. The Hall–Kier alpha value is -2.70. The van der Waals surface area contributed by atoms with E-state index < -0.39 is 11.7 Å². The standard InChI is InChI=1S/C19H20F3N3O/c1-26-18-5-3-2-4-17(18)24-10-12-25(13-11-24)23-14-15-6-8-16(9-7-15)19(20,21)22/h2-9,14H,10-13H2,1H3/b23-14+. The average Bonchev–Trinajstić information content (AvgIpc) is 2.66. The normalized spacial score (nSPS) is 15.5. The highest BCUT2D eigenvalue weighted by Gasteiger charge is 2.29. The minimum atomic E-state index is -4.31. The second-order valence-corrected chi connectivity index (χ2v) is 5.98. The van der Waals surface area contributed by atoms with E-state index in [1.807, 2.05) is 29.3 Å². The van der Waals surface area contributed by atoms with E-state index in [0.717, 1.165) is 49.7 Å². The van der Waals surface area contributed by atoms with E-state index >= 15 is 0 Å². The zero-order valence-electron chi connectivity index (χ0n) is 14.4. The fraction of sp³-hybridized carbons (Fsp3) is 0.316. The summed E-state index contributed by atoms with van der Waals surface area (Å²) in [5, 5.41) is 6.31. The molecule has 3 rings (SSSR count). The SMILES string of the molecule is COc1ccccc1N1CCN(/N=C/c2ccc(C(F)(F)F)cc2)CC1. The van der Waals surface area contributed by atoms with Gasteiger partial charge in [-0.25, -0.2) is 0 Å². The third kappa shape index (κ3) is 4.28. The highest BCUT2D eigenvalue weighted by Crippen LogP contribution is 2.29. The summed E-state index contributed by atoms with van der Waals surface area (Å²) in [5.74, 6) is 0.842. The molecule has 0 atom stereocenters. The molecule has 1 aliphatic heterocycles. The number of halogens is 3. The molecule has 0 N–H and O–H groups in total. The van der Waals surface area contributed by atoms with E-state index in [2.05, 4.69) is 10.0 Å². The smallest absolute Gasteiger partial charge is 0.416 e. The third-order valence-corrected chi connectivity index (χ3v) is 4.29. The number of alkyl halides is 3. The lowest BCUT2D eigenvalue weighted by Gasteiger charge is -2.35. The molecular formula is C19H20F3N3O. The maximum Gasteiger partial charge on any atom is 0.416 e. The average molecular weight is 363 g/mol. The van der Waals surface area contributed by atoms with Crippen molar-refractivity contribution in [3.8, 4) is 5.75 Å². The van der Waals surface area contributed by atoms with Gasteiger partial charge in [-0.3, -0.25) is 5.01 Å².